The maximum atomic E-state index is 3.85. The van der Waals surface area contributed by atoms with E-state index in [-0.39, 0.29) is 0 Å². The second-order valence-electron chi connectivity index (χ2n) is 9.40. The van der Waals surface area contributed by atoms with Crippen molar-refractivity contribution in [2.75, 3.05) is 28.2 Å². The quantitative estimate of drug-likeness (QED) is 0.703. The highest BCUT2D eigenvalue weighted by Crippen LogP contribution is 2.47. The van der Waals surface area contributed by atoms with Gasteiger partial charge in [0.15, 0.2) is 0 Å². The molecule has 0 unspecified atom stereocenters. The Hall–Kier alpha value is -1.72. The van der Waals surface area contributed by atoms with Crippen molar-refractivity contribution in [2.24, 2.45) is 5.92 Å². The Kier molecular flexibility index (Phi) is 6.89. The maximum Gasteiger partial charge on any atom is 0.0803 e. The molecule has 1 N–H and O–H groups in total. The van der Waals surface area contributed by atoms with Gasteiger partial charge in [0.2, 0.25) is 0 Å². The summed E-state index contributed by atoms with van der Waals surface area (Å²) >= 11 is 0. The topological polar surface area (TPSA) is 21.8 Å². The fourth-order valence-corrected chi connectivity index (χ4v) is 5.91. The Morgan fingerprint density at radius 1 is 0.767 bits per heavy atom. The fourth-order valence-electron chi connectivity index (χ4n) is 5.91. The zero-order valence-electron chi connectivity index (χ0n) is 19.0. The number of hydrogen-bond acceptors (Lipinski definition) is 4. The molecule has 30 heavy (non-hydrogen) atoms. The van der Waals surface area contributed by atoms with Gasteiger partial charge < -0.3 is 0 Å². The minimum absolute atomic E-state index is 0.332. The maximum absolute atomic E-state index is 3.85. The molecule has 3 atom stereocenters. The molecule has 4 heteroatoms. The van der Waals surface area contributed by atoms with Gasteiger partial charge in [-0.2, -0.15) is 0 Å². The van der Waals surface area contributed by atoms with E-state index in [0.717, 1.165) is 0 Å². The van der Waals surface area contributed by atoms with Gasteiger partial charge in [0.1, 0.15) is 0 Å². The second-order valence-corrected chi connectivity index (χ2v) is 9.40. The van der Waals surface area contributed by atoms with E-state index in [2.05, 4.69) is 109 Å². The average molecular weight is 407 g/mol. The van der Waals surface area contributed by atoms with Crippen molar-refractivity contribution in [1.82, 2.24) is 20.2 Å². The molecule has 1 saturated carbocycles. The van der Waals surface area contributed by atoms with Crippen molar-refractivity contribution in [3.05, 3.63) is 71.8 Å². The van der Waals surface area contributed by atoms with Crippen molar-refractivity contribution in [3.8, 4) is 0 Å². The van der Waals surface area contributed by atoms with Crippen LogP contribution in [0.1, 0.15) is 55.3 Å². The summed E-state index contributed by atoms with van der Waals surface area (Å²) in [7, 11) is 8.92. The molecule has 0 bridgehead atoms. The van der Waals surface area contributed by atoms with Crippen LogP contribution in [0.3, 0.4) is 0 Å². The highest BCUT2D eigenvalue weighted by atomic mass is 15.5. The molecule has 0 radical (unpaired) electrons. The molecule has 2 fully saturated rings. The van der Waals surface area contributed by atoms with Crippen molar-refractivity contribution in [2.45, 2.75) is 56.4 Å². The first-order chi connectivity index (χ1) is 14.6. The van der Waals surface area contributed by atoms with Crippen molar-refractivity contribution in [3.63, 3.8) is 0 Å². The lowest BCUT2D eigenvalue weighted by atomic mass is 9.82. The van der Waals surface area contributed by atoms with E-state index >= 15 is 0 Å². The smallest absolute Gasteiger partial charge is 0.0803 e. The predicted molar refractivity (Wildman–Crippen MR) is 125 cm³/mol. The Bertz CT molecular complexity index is 721. The summed E-state index contributed by atoms with van der Waals surface area (Å²) < 4.78 is 0. The number of likely N-dealkylation sites (N-methyl/N-ethyl adjacent to an activating group) is 2. The second kappa shape index (κ2) is 9.61. The van der Waals surface area contributed by atoms with E-state index in [1.54, 1.807) is 0 Å². The summed E-state index contributed by atoms with van der Waals surface area (Å²) in [6, 6.07) is 23.2. The first-order valence-electron chi connectivity index (χ1n) is 11.5. The van der Waals surface area contributed by atoms with E-state index in [4.69, 9.17) is 0 Å². The summed E-state index contributed by atoms with van der Waals surface area (Å²) in [4.78, 5) is 5.26. The lowest BCUT2D eigenvalue weighted by Crippen LogP contribution is -2.58. The third kappa shape index (κ3) is 4.33. The lowest BCUT2D eigenvalue weighted by Gasteiger charge is -2.42. The van der Waals surface area contributed by atoms with Crippen molar-refractivity contribution >= 4 is 0 Å². The zero-order valence-corrected chi connectivity index (χ0v) is 19.0. The van der Waals surface area contributed by atoms with Gasteiger partial charge in [-0.05, 0) is 44.0 Å². The van der Waals surface area contributed by atoms with Gasteiger partial charge in [-0.1, -0.05) is 79.9 Å². The van der Waals surface area contributed by atoms with Crippen LogP contribution >= 0.6 is 0 Å². The van der Waals surface area contributed by atoms with Gasteiger partial charge in [0, 0.05) is 14.1 Å². The third-order valence-electron chi connectivity index (χ3n) is 7.18. The van der Waals surface area contributed by atoms with Gasteiger partial charge in [-0.25, -0.2) is 5.43 Å². The highest BCUT2D eigenvalue weighted by Gasteiger charge is 2.49. The number of hydrogen-bond donors (Lipinski definition) is 1. The molecule has 2 aromatic carbocycles. The van der Waals surface area contributed by atoms with E-state index in [0.29, 0.717) is 30.2 Å². The average Bonchev–Trinajstić information content (AvgIpc) is 3.04. The lowest BCUT2D eigenvalue weighted by molar-refractivity contribution is 0.0393. The largest absolute Gasteiger partial charge is 0.281 e. The van der Waals surface area contributed by atoms with Crippen LogP contribution < -0.4 is 5.43 Å². The van der Waals surface area contributed by atoms with Gasteiger partial charge >= 0.3 is 0 Å². The molecule has 2 aliphatic rings. The molecule has 1 aliphatic heterocycles. The van der Waals surface area contributed by atoms with Crippen LogP contribution in [0, 0.1) is 5.92 Å². The Morgan fingerprint density at radius 3 is 1.67 bits per heavy atom. The third-order valence-corrected chi connectivity index (χ3v) is 7.18. The van der Waals surface area contributed by atoms with E-state index in [1.165, 1.54) is 43.2 Å². The van der Waals surface area contributed by atoms with Crippen molar-refractivity contribution in [1.29, 1.82) is 0 Å². The van der Waals surface area contributed by atoms with Crippen LogP contribution in [0.2, 0.25) is 0 Å². The van der Waals surface area contributed by atoms with E-state index in [9.17, 15) is 0 Å². The molecule has 0 amide bonds. The summed E-state index contributed by atoms with van der Waals surface area (Å²) in [6.45, 7) is 0. The number of hydrazine groups is 1. The molecule has 2 aromatic rings. The first kappa shape index (κ1) is 21.5. The molecular formula is C26H38N4. The zero-order chi connectivity index (χ0) is 21.1. The Labute approximate surface area is 182 Å². The minimum atomic E-state index is 0.332. The molecule has 1 saturated heterocycles. The minimum Gasteiger partial charge on any atom is -0.281 e. The number of rotatable bonds is 6. The van der Waals surface area contributed by atoms with E-state index < -0.39 is 0 Å². The molecule has 1 aliphatic carbocycles. The monoisotopic (exact) mass is 406 g/mol. The molecular weight excluding hydrogens is 368 g/mol. The normalized spacial score (nSPS) is 25.8. The van der Waals surface area contributed by atoms with Gasteiger partial charge in [-0.3, -0.25) is 14.8 Å². The summed E-state index contributed by atoms with van der Waals surface area (Å²) in [5, 5.41) is 2.16. The Morgan fingerprint density at radius 2 is 1.23 bits per heavy atom. The van der Waals surface area contributed by atoms with Crippen LogP contribution in [0.5, 0.6) is 0 Å². The molecule has 0 spiro atoms. The number of nitrogens with one attached hydrogen (secondary N) is 1. The van der Waals surface area contributed by atoms with Gasteiger partial charge in [0.25, 0.3) is 0 Å². The Balaban J connectivity index is 1.73. The number of benzene rings is 2. The fraction of sp³-hybridized carbons (Fsp3) is 0.538. The van der Waals surface area contributed by atoms with Crippen LogP contribution in [-0.2, 0) is 0 Å². The summed E-state index contributed by atoms with van der Waals surface area (Å²) in [6.07, 6.45) is 7.11. The standard InChI is InChI=1S/C26H38N4/c1-28(2)27-23(20-14-8-5-9-15-20)26-29(3)24(21-16-10-6-11-17-21)25(30(26)4)22-18-12-7-13-19-22/h6-7,10-13,16-20,23-27H,5,8-9,14-15H2,1-4H3/t23-,24-,25-/m0/s1. The van der Waals surface area contributed by atoms with Gasteiger partial charge in [-0.15, -0.1) is 0 Å². The van der Waals surface area contributed by atoms with Crippen LogP contribution in [0.25, 0.3) is 0 Å². The summed E-state index contributed by atoms with van der Waals surface area (Å²) in [5.74, 6) is 0.710. The first-order valence-corrected chi connectivity index (χ1v) is 11.5. The SMILES string of the molecule is CN(C)N[C@@H](C1CCCCC1)C1N(C)[C@@H](c2ccccc2)[C@H](c2ccccc2)N1C. The predicted octanol–water partition coefficient (Wildman–Crippen LogP) is 4.69. The van der Waals surface area contributed by atoms with E-state index in [1.807, 2.05) is 0 Å². The molecule has 4 rings (SSSR count). The molecule has 4 nitrogen and oxygen atoms in total. The van der Waals surface area contributed by atoms with Crippen LogP contribution in [0.4, 0.5) is 0 Å². The highest BCUT2D eigenvalue weighted by molar-refractivity contribution is 5.30. The summed E-state index contributed by atoms with van der Waals surface area (Å²) in [5.41, 5.74) is 6.64. The van der Waals surface area contributed by atoms with Gasteiger partial charge in [0.05, 0.1) is 24.3 Å². The van der Waals surface area contributed by atoms with Crippen LogP contribution in [0.15, 0.2) is 60.7 Å². The van der Waals surface area contributed by atoms with Crippen LogP contribution in [-0.4, -0.2) is 55.2 Å². The molecule has 162 valence electrons. The molecule has 0 aromatic heterocycles. The molecule has 1 heterocycles. The number of nitrogens with zero attached hydrogens (tertiary/aromatic N) is 3. The van der Waals surface area contributed by atoms with Crippen molar-refractivity contribution < 1.29 is 0 Å².